The van der Waals surface area contributed by atoms with Crippen LogP contribution in [0.2, 0.25) is 0 Å². The number of aliphatic imine (C=N–C) groups is 1. The summed E-state index contributed by atoms with van der Waals surface area (Å²) < 4.78 is 46.7. The number of rotatable bonds is 4. The molecule has 7 nitrogen and oxygen atoms in total. The van der Waals surface area contributed by atoms with Crippen LogP contribution in [-0.2, 0) is 12.7 Å². The third-order valence-corrected chi connectivity index (χ3v) is 6.04. The van der Waals surface area contributed by atoms with E-state index in [0.29, 0.717) is 17.9 Å². The van der Waals surface area contributed by atoms with Crippen LogP contribution in [0.25, 0.3) is 11.1 Å². The van der Waals surface area contributed by atoms with Crippen molar-refractivity contribution in [2.45, 2.75) is 45.5 Å². The molecule has 10 heteroatoms. The molecule has 0 radical (unpaired) electrons. The highest BCUT2D eigenvalue weighted by Crippen LogP contribution is 2.36. The molecule has 172 valence electrons. The van der Waals surface area contributed by atoms with E-state index in [2.05, 4.69) is 30.8 Å². The van der Waals surface area contributed by atoms with E-state index < -0.39 is 11.7 Å². The van der Waals surface area contributed by atoms with Gasteiger partial charge in [0, 0.05) is 29.9 Å². The Labute approximate surface area is 188 Å². The summed E-state index contributed by atoms with van der Waals surface area (Å²) in [7, 11) is 0. The van der Waals surface area contributed by atoms with E-state index in [-0.39, 0.29) is 29.9 Å². The number of nitrogens with one attached hydrogen (secondary N) is 2. The number of aromatic nitrogens is 3. The Kier molecular flexibility index (Phi) is 5.40. The minimum absolute atomic E-state index is 0.0683. The van der Waals surface area contributed by atoms with Crippen molar-refractivity contribution >= 4 is 11.7 Å². The molecule has 0 saturated carbocycles. The standard InChI is InChI=1S/C23H23F3N6O/c1-12-19(13(2)33-32-12)14-5-6-17-15(8-14)9-28-20(17)21-18(23(24,25)26)11-29-22(31-21)30-16-4-3-7-27-10-16/h5-6,8,11,16,27H,3-4,7,9-10H2,1-2H3,(H,29,30,31)/t16-/m0/s1. The highest BCUT2D eigenvalue weighted by molar-refractivity contribution is 6.15. The summed E-state index contributed by atoms with van der Waals surface area (Å²) in [6, 6.07) is 5.65. The van der Waals surface area contributed by atoms with E-state index in [1.54, 1.807) is 6.07 Å². The van der Waals surface area contributed by atoms with Crippen LogP contribution in [0.4, 0.5) is 19.1 Å². The van der Waals surface area contributed by atoms with Gasteiger partial charge < -0.3 is 15.2 Å². The topological polar surface area (TPSA) is 88.2 Å². The Bertz CT molecular complexity index is 1210. The van der Waals surface area contributed by atoms with Crippen LogP contribution in [0.1, 0.15) is 46.7 Å². The molecule has 2 aliphatic rings. The van der Waals surface area contributed by atoms with Crippen molar-refractivity contribution in [3.8, 4) is 11.1 Å². The highest BCUT2D eigenvalue weighted by Gasteiger charge is 2.38. The van der Waals surface area contributed by atoms with Crippen LogP contribution in [-0.4, -0.2) is 40.0 Å². The molecule has 1 aromatic carbocycles. The molecular formula is C23H23F3N6O. The van der Waals surface area contributed by atoms with E-state index >= 15 is 0 Å². The Balaban J connectivity index is 1.52. The molecule has 0 unspecified atom stereocenters. The Morgan fingerprint density at radius 3 is 2.76 bits per heavy atom. The van der Waals surface area contributed by atoms with E-state index in [1.807, 2.05) is 26.0 Å². The Hall–Kier alpha value is -3.27. The highest BCUT2D eigenvalue weighted by atomic mass is 19.4. The van der Waals surface area contributed by atoms with Crippen LogP contribution in [0.15, 0.2) is 33.9 Å². The van der Waals surface area contributed by atoms with Gasteiger partial charge in [0.15, 0.2) is 0 Å². The van der Waals surface area contributed by atoms with Gasteiger partial charge in [-0.2, -0.15) is 13.2 Å². The summed E-state index contributed by atoms with van der Waals surface area (Å²) in [4.78, 5) is 12.7. The lowest BCUT2D eigenvalue weighted by atomic mass is 9.96. The molecule has 4 heterocycles. The van der Waals surface area contributed by atoms with Crippen LogP contribution < -0.4 is 10.6 Å². The Morgan fingerprint density at radius 2 is 2.06 bits per heavy atom. The summed E-state index contributed by atoms with van der Waals surface area (Å²) in [5.41, 5.74) is 3.15. The van der Waals surface area contributed by atoms with Crippen molar-refractivity contribution in [2.24, 2.45) is 4.99 Å². The smallest absolute Gasteiger partial charge is 0.361 e. The van der Waals surface area contributed by atoms with Crippen molar-refractivity contribution in [2.75, 3.05) is 18.4 Å². The number of nitrogens with zero attached hydrogens (tertiary/aromatic N) is 4. The number of anilines is 1. The minimum atomic E-state index is -4.60. The number of hydrogen-bond donors (Lipinski definition) is 2. The van der Waals surface area contributed by atoms with Crippen LogP contribution >= 0.6 is 0 Å². The monoisotopic (exact) mass is 456 g/mol. The average Bonchev–Trinajstić information content (AvgIpc) is 3.35. The second kappa shape index (κ2) is 8.26. The number of piperidine rings is 1. The molecule has 0 spiro atoms. The molecule has 0 bridgehead atoms. The minimum Gasteiger partial charge on any atom is -0.361 e. The zero-order valence-electron chi connectivity index (χ0n) is 18.3. The number of halogens is 3. The quantitative estimate of drug-likeness (QED) is 0.609. The van der Waals surface area contributed by atoms with Gasteiger partial charge in [0.2, 0.25) is 5.95 Å². The van der Waals surface area contributed by atoms with E-state index in [9.17, 15) is 13.2 Å². The lowest BCUT2D eigenvalue weighted by Crippen LogP contribution is -2.39. The van der Waals surface area contributed by atoms with Gasteiger partial charge in [-0.15, -0.1) is 0 Å². The fourth-order valence-corrected chi connectivity index (χ4v) is 4.45. The molecule has 0 aliphatic carbocycles. The molecule has 1 saturated heterocycles. The number of alkyl halides is 3. The van der Waals surface area contributed by atoms with Crippen molar-refractivity contribution in [3.63, 3.8) is 0 Å². The number of fused-ring (bicyclic) bond motifs is 1. The van der Waals surface area contributed by atoms with Crippen molar-refractivity contribution in [1.82, 2.24) is 20.4 Å². The Morgan fingerprint density at radius 1 is 1.21 bits per heavy atom. The van der Waals surface area contributed by atoms with Crippen molar-refractivity contribution in [3.05, 3.63) is 58.2 Å². The molecule has 5 rings (SSSR count). The molecule has 3 aromatic rings. The first-order chi connectivity index (χ1) is 15.8. The molecule has 1 fully saturated rings. The van der Waals surface area contributed by atoms with E-state index in [4.69, 9.17) is 4.52 Å². The maximum absolute atomic E-state index is 13.8. The summed E-state index contributed by atoms with van der Waals surface area (Å²) in [5, 5.41) is 10.4. The first kappa shape index (κ1) is 21.6. The largest absolute Gasteiger partial charge is 0.420 e. The summed E-state index contributed by atoms with van der Waals surface area (Å²) in [6.45, 7) is 5.61. The van der Waals surface area contributed by atoms with Gasteiger partial charge in [0.25, 0.3) is 0 Å². The van der Waals surface area contributed by atoms with Gasteiger partial charge in [0.05, 0.1) is 18.0 Å². The number of benzene rings is 1. The molecule has 2 aliphatic heterocycles. The van der Waals surface area contributed by atoms with Gasteiger partial charge in [0.1, 0.15) is 17.0 Å². The maximum atomic E-state index is 13.8. The van der Waals surface area contributed by atoms with E-state index in [0.717, 1.165) is 48.0 Å². The lowest BCUT2D eigenvalue weighted by Gasteiger charge is -2.24. The molecular weight excluding hydrogens is 433 g/mol. The van der Waals surface area contributed by atoms with Crippen LogP contribution in [0.3, 0.4) is 0 Å². The third-order valence-electron chi connectivity index (χ3n) is 6.04. The first-order valence-electron chi connectivity index (χ1n) is 10.8. The van der Waals surface area contributed by atoms with Gasteiger partial charge >= 0.3 is 6.18 Å². The van der Waals surface area contributed by atoms with Crippen LogP contribution in [0, 0.1) is 13.8 Å². The van der Waals surface area contributed by atoms with Crippen LogP contribution in [0.5, 0.6) is 0 Å². The summed E-state index contributed by atoms with van der Waals surface area (Å²) in [5.74, 6) is 0.866. The fraction of sp³-hybridized carbons (Fsp3) is 0.391. The second-order valence-electron chi connectivity index (χ2n) is 8.38. The zero-order chi connectivity index (χ0) is 23.2. The molecule has 0 amide bonds. The van der Waals surface area contributed by atoms with Gasteiger partial charge in [-0.1, -0.05) is 17.3 Å². The summed E-state index contributed by atoms with van der Waals surface area (Å²) >= 11 is 0. The first-order valence-corrected chi connectivity index (χ1v) is 10.8. The second-order valence-corrected chi connectivity index (χ2v) is 8.38. The molecule has 2 N–H and O–H groups in total. The number of aryl methyl sites for hydroxylation is 2. The zero-order valence-corrected chi connectivity index (χ0v) is 18.3. The average molecular weight is 456 g/mol. The van der Waals surface area contributed by atoms with Crippen molar-refractivity contribution in [1.29, 1.82) is 0 Å². The van der Waals surface area contributed by atoms with Gasteiger partial charge in [-0.25, -0.2) is 9.97 Å². The normalized spacial score (nSPS) is 18.2. The lowest BCUT2D eigenvalue weighted by molar-refractivity contribution is -0.138. The fourth-order valence-electron chi connectivity index (χ4n) is 4.45. The predicted octanol–water partition coefficient (Wildman–Crippen LogP) is 4.28. The molecule has 33 heavy (non-hydrogen) atoms. The maximum Gasteiger partial charge on any atom is 0.420 e. The van der Waals surface area contributed by atoms with Crippen molar-refractivity contribution < 1.29 is 17.7 Å². The SMILES string of the molecule is Cc1noc(C)c1-c1ccc2c(c1)CN=C2c1nc(N[C@H]2CCCNC2)ncc1C(F)(F)F. The molecule has 2 aromatic heterocycles. The third kappa shape index (κ3) is 4.10. The predicted molar refractivity (Wildman–Crippen MR) is 117 cm³/mol. The van der Waals surface area contributed by atoms with E-state index in [1.165, 1.54) is 0 Å². The van der Waals surface area contributed by atoms with Gasteiger partial charge in [-0.3, -0.25) is 4.99 Å². The summed E-state index contributed by atoms with van der Waals surface area (Å²) in [6.07, 6.45) is -1.86. The van der Waals surface area contributed by atoms with Gasteiger partial charge in [-0.05, 0) is 50.4 Å². The molecule has 1 atom stereocenters. The number of hydrogen-bond acceptors (Lipinski definition) is 7.